The molecule has 0 heterocycles. The fourth-order valence-corrected chi connectivity index (χ4v) is 2.85. The number of rotatable bonds is 5. The summed E-state index contributed by atoms with van der Waals surface area (Å²) in [6, 6.07) is 7.71. The monoisotopic (exact) mass is 417 g/mol. The van der Waals surface area contributed by atoms with Crippen molar-refractivity contribution >= 4 is 56.2 Å². The van der Waals surface area contributed by atoms with Gasteiger partial charge in [0.05, 0.1) is 38.2 Å². The predicted octanol–water partition coefficient (Wildman–Crippen LogP) is 3.55. The minimum atomic E-state index is -3.53. The molecule has 0 spiro atoms. The van der Waals surface area contributed by atoms with E-state index in [9.17, 15) is 23.3 Å². The van der Waals surface area contributed by atoms with Gasteiger partial charge < -0.3 is 5.32 Å². The quantitative estimate of drug-likeness (QED) is 0.590. The van der Waals surface area contributed by atoms with Crippen molar-refractivity contribution in [1.29, 1.82) is 0 Å². The normalized spacial score (nSPS) is 11.1. The minimum absolute atomic E-state index is 0.0118. The van der Waals surface area contributed by atoms with Crippen molar-refractivity contribution in [3.8, 4) is 0 Å². The van der Waals surface area contributed by atoms with Crippen molar-refractivity contribution in [3.63, 3.8) is 0 Å². The van der Waals surface area contributed by atoms with Crippen molar-refractivity contribution < 1.29 is 18.1 Å². The number of halogens is 2. The van der Waals surface area contributed by atoms with Gasteiger partial charge in [0, 0.05) is 19.2 Å². The van der Waals surface area contributed by atoms with Crippen LogP contribution in [-0.2, 0) is 10.0 Å². The molecule has 0 aromatic heterocycles. The fourth-order valence-electron chi connectivity index (χ4n) is 1.99. The first kappa shape index (κ1) is 20.0. The van der Waals surface area contributed by atoms with Gasteiger partial charge in [0.25, 0.3) is 11.6 Å². The predicted molar refractivity (Wildman–Crippen MR) is 101 cm³/mol. The molecule has 0 saturated heterocycles. The number of carbonyl (C=O) groups excluding carboxylic acids is 1. The Hall–Kier alpha value is -2.36. The van der Waals surface area contributed by atoms with Crippen LogP contribution >= 0.6 is 23.2 Å². The third kappa shape index (κ3) is 4.43. The highest BCUT2D eigenvalue weighted by Gasteiger charge is 2.18. The summed E-state index contributed by atoms with van der Waals surface area (Å²) in [5.74, 6) is -0.693. The van der Waals surface area contributed by atoms with Crippen molar-refractivity contribution in [2.24, 2.45) is 0 Å². The lowest BCUT2D eigenvalue weighted by molar-refractivity contribution is -0.384. The van der Waals surface area contributed by atoms with Crippen LogP contribution in [0.1, 0.15) is 10.4 Å². The zero-order chi connectivity index (χ0) is 19.6. The largest absolute Gasteiger partial charge is 0.320 e. The second-order valence-electron chi connectivity index (χ2n) is 5.27. The van der Waals surface area contributed by atoms with E-state index in [1.54, 1.807) is 0 Å². The summed E-state index contributed by atoms with van der Waals surface area (Å²) in [5, 5.41) is 13.5. The molecule has 1 N–H and O–H groups in total. The summed E-state index contributed by atoms with van der Waals surface area (Å²) in [7, 11) is -2.20. The van der Waals surface area contributed by atoms with Crippen LogP contribution in [0.25, 0.3) is 0 Å². The number of benzene rings is 2. The Balaban J connectivity index is 2.39. The average molecular weight is 418 g/mol. The number of nitrogens with zero attached hydrogens (tertiary/aromatic N) is 2. The van der Waals surface area contributed by atoms with Gasteiger partial charge in [-0.1, -0.05) is 23.2 Å². The topological polar surface area (TPSA) is 110 Å². The summed E-state index contributed by atoms with van der Waals surface area (Å²) in [5.41, 5.74) is -0.000380. The first-order valence-corrected chi connectivity index (χ1v) is 9.60. The molecule has 2 aromatic rings. The average Bonchev–Trinajstić information content (AvgIpc) is 2.55. The van der Waals surface area contributed by atoms with E-state index in [4.69, 9.17) is 23.2 Å². The zero-order valence-electron chi connectivity index (χ0n) is 13.6. The van der Waals surface area contributed by atoms with E-state index in [0.29, 0.717) is 0 Å². The zero-order valence-corrected chi connectivity index (χ0v) is 15.9. The lowest BCUT2D eigenvalue weighted by Gasteiger charge is -2.18. The van der Waals surface area contributed by atoms with Gasteiger partial charge in [0.15, 0.2) is 0 Å². The van der Waals surface area contributed by atoms with E-state index in [0.717, 1.165) is 16.6 Å². The van der Waals surface area contributed by atoms with Gasteiger partial charge in [0.2, 0.25) is 10.0 Å². The lowest BCUT2D eigenvalue weighted by atomic mass is 10.1. The van der Waals surface area contributed by atoms with Crippen LogP contribution in [0, 0.1) is 10.1 Å². The molecule has 1 amide bonds. The molecule has 8 nitrogen and oxygen atoms in total. The fraction of sp³-hybridized carbons (Fsp3) is 0.133. The molecule has 0 aliphatic carbocycles. The van der Waals surface area contributed by atoms with Gasteiger partial charge in [-0.3, -0.25) is 19.2 Å². The molecule has 0 aliphatic heterocycles. The Bertz CT molecular complexity index is 995. The van der Waals surface area contributed by atoms with Crippen LogP contribution in [0.4, 0.5) is 17.1 Å². The van der Waals surface area contributed by atoms with Crippen LogP contribution in [0.2, 0.25) is 10.0 Å². The van der Waals surface area contributed by atoms with Crippen LogP contribution in [-0.4, -0.2) is 32.6 Å². The molecule has 0 fully saturated rings. The molecule has 2 aromatic carbocycles. The number of hydrogen-bond donors (Lipinski definition) is 1. The van der Waals surface area contributed by atoms with Crippen LogP contribution < -0.4 is 9.62 Å². The van der Waals surface area contributed by atoms with Crippen molar-refractivity contribution in [2.75, 3.05) is 22.9 Å². The number of amides is 1. The summed E-state index contributed by atoms with van der Waals surface area (Å²) in [4.78, 5) is 22.7. The first-order chi connectivity index (χ1) is 12.0. The second kappa shape index (κ2) is 7.48. The maximum atomic E-state index is 12.5. The smallest absolute Gasteiger partial charge is 0.271 e. The molecule has 138 valence electrons. The molecule has 26 heavy (non-hydrogen) atoms. The summed E-state index contributed by atoms with van der Waals surface area (Å²) >= 11 is 12.0. The first-order valence-electron chi connectivity index (χ1n) is 6.99. The molecule has 11 heteroatoms. The third-order valence-electron chi connectivity index (χ3n) is 3.46. The highest BCUT2D eigenvalue weighted by molar-refractivity contribution is 7.92. The standard InChI is InChI=1S/C15H13Cl2N3O5S/c1-19(26(2,24)25)9-3-5-12(16)11(7-9)15(21)18-14-8-10(20(22)23)4-6-13(14)17/h3-8H,1-2H3,(H,18,21). The van der Waals surface area contributed by atoms with Gasteiger partial charge in [-0.15, -0.1) is 0 Å². The molecule has 0 radical (unpaired) electrons. The second-order valence-corrected chi connectivity index (χ2v) is 8.10. The Morgan fingerprint density at radius 1 is 1.15 bits per heavy atom. The SMILES string of the molecule is CN(c1ccc(Cl)c(C(=O)Nc2cc([N+](=O)[O-])ccc2Cl)c1)S(C)(=O)=O. The van der Waals surface area contributed by atoms with E-state index >= 15 is 0 Å². The van der Waals surface area contributed by atoms with Crippen molar-refractivity contribution in [2.45, 2.75) is 0 Å². The van der Waals surface area contributed by atoms with Gasteiger partial charge in [0.1, 0.15) is 0 Å². The molecular weight excluding hydrogens is 405 g/mol. The third-order valence-corrected chi connectivity index (χ3v) is 5.33. The number of nitro groups is 1. The van der Waals surface area contributed by atoms with E-state index in [2.05, 4.69) is 5.32 Å². The number of nitrogens with one attached hydrogen (secondary N) is 1. The Kier molecular flexibility index (Phi) is 5.74. The van der Waals surface area contributed by atoms with Gasteiger partial charge in [-0.05, 0) is 24.3 Å². The van der Waals surface area contributed by atoms with Gasteiger partial charge >= 0.3 is 0 Å². The highest BCUT2D eigenvalue weighted by atomic mass is 35.5. The lowest BCUT2D eigenvalue weighted by Crippen LogP contribution is -2.25. The molecule has 2 rings (SSSR count). The molecule has 0 saturated carbocycles. The van der Waals surface area contributed by atoms with Crippen LogP contribution in [0.15, 0.2) is 36.4 Å². The van der Waals surface area contributed by atoms with E-state index in [1.807, 2.05) is 0 Å². The van der Waals surface area contributed by atoms with E-state index < -0.39 is 20.9 Å². The Labute approximate surface area is 159 Å². The number of nitro benzene ring substituents is 1. The number of sulfonamides is 1. The summed E-state index contributed by atoms with van der Waals surface area (Å²) in [6.07, 6.45) is 1.02. The van der Waals surface area contributed by atoms with Gasteiger partial charge in [-0.25, -0.2) is 8.42 Å². The molecule has 0 bridgehead atoms. The number of hydrogen-bond acceptors (Lipinski definition) is 5. The Morgan fingerprint density at radius 2 is 1.77 bits per heavy atom. The van der Waals surface area contributed by atoms with E-state index in [-0.39, 0.29) is 32.7 Å². The van der Waals surface area contributed by atoms with Crippen molar-refractivity contribution in [1.82, 2.24) is 0 Å². The molecular formula is C15H13Cl2N3O5S. The van der Waals surface area contributed by atoms with E-state index in [1.165, 1.54) is 37.4 Å². The number of non-ortho nitro benzene ring substituents is 1. The van der Waals surface area contributed by atoms with Crippen LogP contribution in [0.5, 0.6) is 0 Å². The molecule has 0 unspecified atom stereocenters. The molecule has 0 aliphatic rings. The van der Waals surface area contributed by atoms with Crippen molar-refractivity contribution in [3.05, 3.63) is 62.1 Å². The molecule has 0 atom stereocenters. The number of anilines is 2. The highest BCUT2D eigenvalue weighted by Crippen LogP contribution is 2.29. The Morgan fingerprint density at radius 3 is 2.35 bits per heavy atom. The maximum absolute atomic E-state index is 12.5. The van der Waals surface area contributed by atoms with Crippen LogP contribution in [0.3, 0.4) is 0 Å². The summed E-state index contributed by atoms with van der Waals surface area (Å²) in [6.45, 7) is 0. The number of carbonyl (C=O) groups is 1. The summed E-state index contributed by atoms with van der Waals surface area (Å²) < 4.78 is 24.3. The minimum Gasteiger partial charge on any atom is -0.320 e. The van der Waals surface area contributed by atoms with Gasteiger partial charge in [-0.2, -0.15) is 0 Å². The maximum Gasteiger partial charge on any atom is 0.271 e.